The lowest BCUT2D eigenvalue weighted by Crippen LogP contribution is -2.71. The van der Waals surface area contributed by atoms with Crippen LogP contribution in [0.3, 0.4) is 0 Å². The van der Waals surface area contributed by atoms with Crippen LogP contribution < -0.4 is 0 Å². The summed E-state index contributed by atoms with van der Waals surface area (Å²) >= 11 is 0. The smallest absolute Gasteiger partial charge is 0.338 e. The second-order valence-electron chi connectivity index (χ2n) is 32.5. The number of aliphatic hydroxyl groups excluding tert-OH is 1. The van der Waals surface area contributed by atoms with Gasteiger partial charge in [0, 0.05) is 11.3 Å². The molecule has 2 heterocycles. The van der Waals surface area contributed by atoms with Crippen molar-refractivity contribution in [3.8, 4) is 0 Å². The van der Waals surface area contributed by atoms with Crippen molar-refractivity contribution in [1.82, 2.24) is 0 Å². The average molecular weight is 1710 g/mol. The van der Waals surface area contributed by atoms with E-state index >= 15 is 4.79 Å². The van der Waals surface area contributed by atoms with Crippen LogP contribution in [0, 0.1) is 0 Å². The summed E-state index contributed by atoms with van der Waals surface area (Å²) in [4.78, 5) is 33.3. The molecule has 13 rings (SSSR count). The predicted octanol–water partition coefficient (Wildman–Crippen LogP) is 20.5. The van der Waals surface area contributed by atoms with E-state index in [-0.39, 0.29) is 91.2 Å². The monoisotopic (exact) mass is 1710 g/mol. The zero-order valence-corrected chi connectivity index (χ0v) is 72.1. The van der Waals surface area contributed by atoms with Gasteiger partial charge >= 0.3 is 11.9 Å². The van der Waals surface area contributed by atoms with Crippen LogP contribution in [0.4, 0.5) is 0 Å². The van der Waals surface area contributed by atoms with Gasteiger partial charge in [0.15, 0.2) is 18.7 Å². The number of hydrogen-bond acceptors (Lipinski definition) is 19. The van der Waals surface area contributed by atoms with E-state index in [1.165, 1.54) is 51.4 Å². The Morgan fingerprint density at radius 2 is 0.619 bits per heavy atom. The van der Waals surface area contributed by atoms with Crippen LogP contribution >= 0.6 is 0 Å². The zero-order valence-electron chi connectivity index (χ0n) is 72.1. The summed E-state index contributed by atoms with van der Waals surface area (Å²) in [6.07, 6.45) is -6.69. The van der Waals surface area contributed by atoms with Gasteiger partial charge in [0.05, 0.1) is 78.2 Å². The van der Waals surface area contributed by atoms with E-state index in [2.05, 4.69) is 16.9 Å². The summed E-state index contributed by atoms with van der Waals surface area (Å²) in [7, 11) is 0. The molecule has 664 valence electrons. The van der Waals surface area contributed by atoms with Crippen LogP contribution in [0.5, 0.6) is 0 Å². The fourth-order valence-corrected chi connectivity index (χ4v) is 16.3. The summed E-state index contributed by atoms with van der Waals surface area (Å²) in [5, 5.41) is 18.5. The lowest BCUT2D eigenvalue weighted by Gasteiger charge is -2.52. The summed E-state index contributed by atoms with van der Waals surface area (Å²) in [5.74, 6) is -1.32. The van der Waals surface area contributed by atoms with E-state index < -0.39 is 110 Å². The van der Waals surface area contributed by atoms with E-state index in [4.69, 9.17) is 71.1 Å². The van der Waals surface area contributed by atoms with Crippen molar-refractivity contribution in [1.29, 1.82) is 0 Å². The molecule has 0 aromatic heterocycles. The number of carbonyl (C=O) groups is 2. The molecule has 16 atom stereocenters. The van der Waals surface area contributed by atoms with Gasteiger partial charge in [-0.05, 0) is 73.7 Å². The molecular weight excluding hydrogens is 1590 g/mol. The number of carbonyl (C=O) groups excluding carboxylic acids is 2. The minimum absolute atomic E-state index is 0.00255. The van der Waals surface area contributed by atoms with Crippen LogP contribution in [0.1, 0.15) is 163 Å². The molecule has 21 nitrogen and oxygen atoms in total. The van der Waals surface area contributed by atoms with Crippen molar-refractivity contribution >= 4 is 11.9 Å². The van der Waals surface area contributed by atoms with Crippen LogP contribution in [0.15, 0.2) is 302 Å². The number of esters is 2. The zero-order chi connectivity index (χ0) is 86.8. The maximum Gasteiger partial charge on any atom is 0.338 e. The molecule has 1 aliphatic carbocycles. The minimum atomic E-state index is -1.86. The highest BCUT2D eigenvalue weighted by molar-refractivity contribution is 5.91. The van der Waals surface area contributed by atoms with Gasteiger partial charge in [-0.3, -0.25) is 4.79 Å². The molecule has 10 aromatic rings. The number of rotatable bonds is 52. The molecule has 2 saturated heterocycles. The normalized spacial score (nSPS) is 22.9. The molecule has 10 aromatic carbocycles. The first-order valence-electron chi connectivity index (χ1n) is 44.8. The maximum atomic E-state index is 15.8. The van der Waals surface area contributed by atoms with Gasteiger partial charge in [-0.1, -0.05) is 380 Å². The van der Waals surface area contributed by atoms with Gasteiger partial charge in [0.2, 0.25) is 0 Å². The number of nitrogens with zero attached hydrogens (tertiary/aromatic N) is 3. The highest BCUT2D eigenvalue weighted by atomic mass is 16.8. The molecule has 0 bridgehead atoms. The number of ether oxygens (including phenoxy) is 15. The van der Waals surface area contributed by atoms with E-state index in [9.17, 15) is 15.4 Å². The summed E-state index contributed by atoms with van der Waals surface area (Å²) in [6, 6.07) is 94.1. The third-order valence-electron chi connectivity index (χ3n) is 23.1. The molecule has 2 aliphatic heterocycles. The fraction of sp³-hybridized carbons (Fsp3) is 0.410. The summed E-state index contributed by atoms with van der Waals surface area (Å²) in [6.45, 7) is 1.98. The van der Waals surface area contributed by atoms with Gasteiger partial charge in [0.1, 0.15) is 86.0 Å². The highest BCUT2D eigenvalue weighted by Crippen LogP contribution is 2.42. The largest absolute Gasteiger partial charge is 0.463 e. The Bertz CT molecular complexity index is 4730. The van der Waals surface area contributed by atoms with Crippen molar-refractivity contribution in [3.05, 3.63) is 369 Å². The van der Waals surface area contributed by atoms with Crippen LogP contribution in [0.25, 0.3) is 10.4 Å². The molecule has 3 fully saturated rings. The Morgan fingerprint density at radius 1 is 0.333 bits per heavy atom. The van der Waals surface area contributed by atoms with Gasteiger partial charge in [0.25, 0.3) is 0 Å². The molecule has 1 N–H and O–H groups in total. The minimum Gasteiger partial charge on any atom is -0.463 e. The van der Waals surface area contributed by atoms with Crippen LogP contribution in [-0.2, 0) is 142 Å². The second kappa shape index (κ2) is 52.2. The number of benzene rings is 10. The maximum absolute atomic E-state index is 15.8. The molecule has 0 amide bonds. The standard InChI is InChI=1S/C105H121N3O18/c1-2-3-4-5-6-7-8-9-10-11-12-13-41-64-90(109)113-76-89-93(115-68-79-48-27-16-28-49-79)97(117-70-81-52-31-18-32-53-81)102(124-103(111)87-63-43-42-62-86(87)65-107-108-106)105(123-89)126-95-91(110)94(98(118-71-82-54-33-19-34-55-82)100(120-73-84-58-37-21-38-59-84)99(95)119-72-83-56-35-20-36-57-83)125-104-101(121-74-85-60-39-22-40-61-85)96(116-69-80-50-29-17-30-51-80)92(114-67-78-46-25-15-26-47-78)88(122-104)75-112-66-77-44-23-14-24-45-77/h14-40,42-63,88-89,91-102,104-105,110H,2-13,41,64-76H2,1H3/t88?,89?,91-,92+,93+,94?,95?,96?,97+,98-,99?,100-,101+,102?,104+,105+/m0/s1. The first-order chi connectivity index (χ1) is 62.2. The Balaban J connectivity index is 0.938. The molecule has 0 radical (unpaired) electrons. The molecule has 3 aliphatic rings. The Morgan fingerprint density at radius 3 is 0.984 bits per heavy atom. The summed E-state index contributed by atoms with van der Waals surface area (Å²) < 4.78 is 109. The fourth-order valence-electron chi connectivity index (χ4n) is 16.3. The van der Waals surface area contributed by atoms with Crippen molar-refractivity contribution in [3.63, 3.8) is 0 Å². The van der Waals surface area contributed by atoms with Gasteiger partial charge in [-0.25, -0.2) is 4.79 Å². The third-order valence-corrected chi connectivity index (χ3v) is 23.1. The van der Waals surface area contributed by atoms with Crippen molar-refractivity contribution < 1.29 is 85.7 Å². The number of azide groups is 1. The average Bonchev–Trinajstić information content (AvgIpc) is 0.747. The van der Waals surface area contributed by atoms with E-state index in [0.29, 0.717) is 12.0 Å². The van der Waals surface area contributed by atoms with Gasteiger partial charge in [-0.15, -0.1) is 0 Å². The number of unbranched alkanes of at least 4 members (excludes halogenated alkanes) is 12. The second-order valence-corrected chi connectivity index (χ2v) is 32.5. The van der Waals surface area contributed by atoms with Crippen molar-refractivity contribution in [2.24, 2.45) is 5.11 Å². The van der Waals surface area contributed by atoms with Crippen LogP contribution in [0.2, 0.25) is 0 Å². The SMILES string of the molecule is CCCCCCCCCCCCCCCC(=O)OCC1O[C@H](OC2C(OCc3ccccc3)[C@@H](OCc3ccccc3)[C@@H](OCc3ccccc3)C(O[C@H]3OC(COCc4ccccc4)[C@@H](OCc4ccccc4)C(OCc4ccccc4)[C@H]3OCc3ccccc3)[C@@H]2O)C(OC(=O)c2ccccc2CN=[N+]=[N-])[C@H](OCc2ccccc2)[C@@H]1OCc1ccccc1. The third kappa shape index (κ3) is 29.2. The first kappa shape index (κ1) is 93.5. The van der Waals surface area contributed by atoms with Crippen LogP contribution in [-0.4, -0.2) is 128 Å². The van der Waals surface area contributed by atoms with Gasteiger partial charge in [-0.2, -0.15) is 0 Å². The Labute approximate surface area is 741 Å². The first-order valence-corrected chi connectivity index (χ1v) is 44.8. The molecular formula is C105H121N3O18. The number of hydrogen-bond donors (Lipinski definition) is 1. The number of aliphatic hydroxyl groups is 1. The van der Waals surface area contributed by atoms with E-state index in [0.717, 1.165) is 75.8 Å². The molecule has 126 heavy (non-hydrogen) atoms. The lowest BCUT2D eigenvalue weighted by molar-refractivity contribution is -0.378. The van der Waals surface area contributed by atoms with Gasteiger partial charge < -0.3 is 76.2 Å². The molecule has 7 unspecified atom stereocenters. The molecule has 21 heteroatoms. The topological polar surface area (TPSA) is 242 Å². The predicted molar refractivity (Wildman–Crippen MR) is 479 cm³/mol. The molecule has 1 saturated carbocycles. The Hall–Kier alpha value is -10.1. The highest BCUT2D eigenvalue weighted by Gasteiger charge is 2.60. The lowest BCUT2D eigenvalue weighted by atomic mass is 9.83. The molecule has 0 spiro atoms. The van der Waals surface area contributed by atoms with E-state index in [1.807, 2.05) is 273 Å². The van der Waals surface area contributed by atoms with Crippen molar-refractivity contribution in [2.45, 2.75) is 261 Å². The Kier molecular flexibility index (Phi) is 38.8. The summed E-state index contributed by atoms with van der Waals surface area (Å²) in [5.41, 5.74) is 17.6. The quantitative estimate of drug-likeness (QED) is 0.0122. The van der Waals surface area contributed by atoms with E-state index in [1.54, 1.807) is 24.3 Å². The van der Waals surface area contributed by atoms with Crippen molar-refractivity contribution in [2.75, 3.05) is 13.2 Å².